The number of rotatable bonds is 4. The molecule has 1 unspecified atom stereocenters. The Morgan fingerprint density at radius 3 is 2.53 bits per heavy atom. The van der Waals surface area contributed by atoms with E-state index in [-0.39, 0.29) is 5.15 Å². The molecular weight excluding hydrogens is 266 g/mol. The first-order valence-corrected chi connectivity index (χ1v) is 6.08. The van der Waals surface area contributed by atoms with E-state index in [0.717, 1.165) is 5.56 Å². The van der Waals surface area contributed by atoms with Gasteiger partial charge in [-0.2, -0.15) is 0 Å². The molecule has 1 aromatic carbocycles. The van der Waals surface area contributed by atoms with E-state index >= 15 is 0 Å². The van der Waals surface area contributed by atoms with Gasteiger partial charge in [0.15, 0.2) is 11.2 Å². The van der Waals surface area contributed by atoms with Crippen LogP contribution in [-0.2, 0) is 4.79 Å². The standard InChI is InChI=1S/C13H14ClN3O2/c1-17(2)10(13(18)19)9-11(14)16-12(15-9)8-6-4-3-5-7-8/h3-7,10H,1-2H3,(H,15,16)(H,18,19). The van der Waals surface area contributed by atoms with E-state index in [1.807, 2.05) is 30.3 Å². The molecule has 1 atom stereocenters. The fourth-order valence-corrected chi connectivity index (χ4v) is 2.12. The van der Waals surface area contributed by atoms with Crippen molar-refractivity contribution < 1.29 is 9.90 Å². The van der Waals surface area contributed by atoms with Crippen molar-refractivity contribution in [3.05, 3.63) is 41.2 Å². The number of aromatic nitrogens is 2. The minimum Gasteiger partial charge on any atom is -0.480 e. The molecule has 6 heteroatoms. The number of benzene rings is 1. The van der Waals surface area contributed by atoms with Gasteiger partial charge in [-0.1, -0.05) is 41.9 Å². The molecule has 0 spiro atoms. The lowest BCUT2D eigenvalue weighted by Crippen LogP contribution is -2.28. The average Bonchev–Trinajstić information content (AvgIpc) is 2.72. The van der Waals surface area contributed by atoms with Gasteiger partial charge in [0.05, 0.1) is 5.69 Å². The second kappa shape index (κ2) is 5.42. The molecule has 0 bridgehead atoms. The minimum absolute atomic E-state index is 0.181. The number of nitrogens with zero attached hydrogens (tertiary/aromatic N) is 2. The van der Waals surface area contributed by atoms with Gasteiger partial charge in [0.1, 0.15) is 5.82 Å². The van der Waals surface area contributed by atoms with Gasteiger partial charge in [-0.25, -0.2) is 4.98 Å². The number of carboxylic acids is 1. The lowest BCUT2D eigenvalue weighted by molar-refractivity contribution is -0.142. The predicted molar refractivity (Wildman–Crippen MR) is 73.1 cm³/mol. The number of aliphatic carboxylic acids is 1. The normalized spacial score (nSPS) is 12.6. The summed E-state index contributed by atoms with van der Waals surface area (Å²) < 4.78 is 0. The smallest absolute Gasteiger partial charge is 0.327 e. The lowest BCUT2D eigenvalue weighted by Gasteiger charge is -2.18. The van der Waals surface area contributed by atoms with Crippen LogP contribution in [0.2, 0.25) is 5.15 Å². The summed E-state index contributed by atoms with van der Waals surface area (Å²) in [6.07, 6.45) is 0. The van der Waals surface area contributed by atoms with Crippen molar-refractivity contribution in [2.24, 2.45) is 0 Å². The topological polar surface area (TPSA) is 69.2 Å². The van der Waals surface area contributed by atoms with Crippen molar-refractivity contribution in [3.8, 4) is 11.4 Å². The number of carbonyl (C=O) groups is 1. The number of H-pyrrole nitrogens is 1. The second-order valence-corrected chi connectivity index (χ2v) is 4.72. The third-order valence-corrected chi connectivity index (χ3v) is 3.04. The van der Waals surface area contributed by atoms with Crippen LogP contribution in [0.4, 0.5) is 0 Å². The highest BCUT2D eigenvalue weighted by molar-refractivity contribution is 6.30. The van der Waals surface area contributed by atoms with Crippen molar-refractivity contribution >= 4 is 17.6 Å². The van der Waals surface area contributed by atoms with E-state index in [1.54, 1.807) is 19.0 Å². The molecule has 0 aliphatic rings. The predicted octanol–water partition coefficient (Wildman–Crippen LogP) is 2.42. The van der Waals surface area contributed by atoms with Crippen LogP contribution < -0.4 is 0 Å². The molecule has 5 nitrogen and oxygen atoms in total. The van der Waals surface area contributed by atoms with Gasteiger partial charge in [-0.05, 0) is 14.1 Å². The summed E-state index contributed by atoms with van der Waals surface area (Å²) in [4.78, 5) is 20.0. The van der Waals surface area contributed by atoms with E-state index in [9.17, 15) is 9.90 Å². The number of nitrogens with one attached hydrogen (secondary N) is 1. The zero-order valence-electron chi connectivity index (χ0n) is 10.6. The molecule has 1 heterocycles. The van der Waals surface area contributed by atoms with Gasteiger partial charge < -0.3 is 10.1 Å². The quantitative estimate of drug-likeness (QED) is 0.902. The molecule has 100 valence electrons. The first-order valence-electron chi connectivity index (χ1n) is 5.70. The monoisotopic (exact) mass is 279 g/mol. The molecule has 2 rings (SSSR count). The van der Waals surface area contributed by atoms with Gasteiger partial charge in [0.25, 0.3) is 0 Å². The maximum atomic E-state index is 11.3. The van der Waals surface area contributed by atoms with Crippen LogP contribution in [0.5, 0.6) is 0 Å². The Bertz CT molecular complexity index is 581. The third-order valence-electron chi connectivity index (χ3n) is 2.76. The van der Waals surface area contributed by atoms with Gasteiger partial charge >= 0.3 is 5.97 Å². The molecule has 0 saturated heterocycles. The molecule has 2 N–H and O–H groups in total. The van der Waals surface area contributed by atoms with E-state index in [1.165, 1.54) is 0 Å². The fourth-order valence-electron chi connectivity index (χ4n) is 1.88. The minimum atomic E-state index is -0.977. The molecule has 0 radical (unpaired) electrons. The van der Waals surface area contributed by atoms with Crippen LogP contribution in [0.25, 0.3) is 11.4 Å². The highest BCUT2D eigenvalue weighted by Gasteiger charge is 2.27. The lowest BCUT2D eigenvalue weighted by atomic mass is 10.2. The Kier molecular flexibility index (Phi) is 3.87. The Labute approximate surface area is 115 Å². The number of hydrogen-bond acceptors (Lipinski definition) is 3. The zero-order chi connectivity index (χ0) is 14.0. The van der Waals surface area contributed by atoms with Crippen molar-refractivity contribution in [2.45, 2.75) is 6.04 Å². The van der Waals surface area contributed by atoms with E-state index in [0.29, 0.717) is 11.5 Å². The van der Waals surface area contributed by atoms with Crippen molar-refractivity contribution in [2.75, 3.05) is 14.1 Å². The van der Waals surface area contributed by atoms with Gasteiger partial charge in [-0.15, -0.1) is 0 Å². The molecular formula is C13H14ClN3O2. The van der Waals surface area contributed by atoms with E-state index < -0.39 is 12.0 Å². The Morgan fingerprint density at radius 2 is 2.00 bits per heavy atom. The fraction of sp³-hybridized carbons (Fsp3) is 0.231. The highest BCUT2D eigenvalue weighted by atomic mass is 35.5. The molecule has 1 aromatic heterocycles. The highest BCUT2D eigenvalue weighted by Crippen LogP contribution is 2.28. The summed E-state index contributed by atoms with van der Waals surface area (Å²) in [6, 6.07) is 8.57. The summed E-state index contributed by atoms with van der Waals surface area (Å²) in [5.41, 5.74) is 1.25. The third kappa shape index (κ3) is 2.77. The van der Waals surface area contributed by atoms with Gasteiger partial charge in [-0.3, -0.25) is 9.69 Å². The number of aromatic amines is 1. The van der Waals surface area contributed by atoms with Crippen molar-refractivity contribution in [1.82, 2.24) is 14.9 Å². The molecule has 2 aromatic rings. The Hall–Kier alpha value is -1.85. The number of likely N-dealkylation sites (N-methyl/N-ethyl adjacent to an activating group) is 1. The SMILES string of the molecule is CN(C)C(C(=O)O)c1[nH]c(-c2ccccc2)nc1Cl. The van der Waals surface area contributed by atoms with Crippen LogP contribution in [0.15, 0.2) is 30.3 Å². The van der Waals surface area contributed by atoms with Crippen LogP contribution in [0, 0.1) is 0 Å². The zero-order valence-corrected chi connectivity index (χ0v) is 11.3. The summed E-state index contributed by atoms with van der Waals surface area (Å²) in [7, 11) is 3.36. The number of imidazole rings is 1. The van der Waals surface area contributed by atoms with Crippen LogP contribution in [-0.4, -0.2) is 40.0 Å². The van der Waals surface area contributed by atoms with E-state index in [2.05, 4.69) is 9.97 Å². The van der Waals surface area contributed by atoms with Crippen molar-refractivity contribution in [3.63, 3.8) is 0 Å². The molecule has 0 fully saturated rings. The summed E-state index contributed by atoms with van der Waals surface area (Å²) >= 11 is 6.05. The van der Waals surface area contributed by atoms with Crippen LogP contribution >= 0.6 is 11.6 Å². The first kappa shape index (κ1) is 13.6. The molecule has 19 heavy (non-hydrogen) atoms. The number of hydrogen-bond donors (Lipinski definition) is 2. The average molecular weight is 280 g/mol. The van der Waals surface area contributed by atoms with Crippen molar-refractivity contribution in [1.29, 1.82) is 0 Å². The van der Waals surface area contributed by atoms with Crippen LogP contribution in [0.3, 0.4) is 0 Å². The summed E-state index contributed by atoms with van der Waals surface area (Å²) in [6.45, 7) is 0. The van der Waals surface area contributed by atoms with E-state index in [4.69, 9.17) is 11.6 Å². The van der Waals surface area contributed by atoms with Gasteiger partial charge in [0.2, 0.25) is 0 Å². The molecule has 0 amide bonds. The molecule has 0 aliphatic carbocycles. The maximum Gasteiger partial charge on any atom is 0.327 e. The molecule has 0 aliphatic heterocycles. The Morgan fingerprint density at radius 1 is 1.37 bits per heavy atom. The van der Waals surface area contributed by atoms with Crippen LogP contribution in [0.1, 0.15) is 11.7 Å². The second-order valence-electron chi connectivity index (χ2n) is 4.36. The summed E-state index contributed by atoms with van der Waals surface area (Å²) in [5, 5.41) is 9.43. The maximum absolute atomic E-state index is 11.3. The van der Waals surface area contributed by atoms with Gasteiger partial charge in [0, 0.05) is 5.56 Å². The molecule has 0 saturated carbocycles. The largest absolute Gasteiger partial charge is 0.480 e. The number of halogens is 1. The summed E-state index contributed by atoms with van der Waals surface area (Å²) in [5.74, 6) is -0.413. The number of carboxylic acid groups (broad SMARTS) is 1. The Balaban J connectivity index is 2.44. The first-order chi connectivity index (χ1) is 9.00.